The van der Waals surface area contributed by atoms with Crippen LogP contribution in [0.1, 0.15) is 52.4 Å². The van der Waals surface area contributed by atoms with Gasteiger partial charge >= 0.3 is 0 Å². The van der Waals surface area contributed by atoms with Crippen LogP contribution in [0, 0.1) is 11.3 Å². The SMILES string of the molecule is CCC(CC)(CN)C(=O)C1CCOC2(CCOCC2)C1. The van der Waals surface area contributed by atoms with Gasteiger partial charge in [0.1, 0.15) is 5.78 Å². The number of rotatable bonds is 5. The highest BCUT2D eigenvalue weighted by Gasteiger charge is 2.45. The molecule has 0 aromatic carbocycles. The highest BCUT2D eigenvalue weighted by atomic mass is 16.5. The van der Waals surface area contributed by atoms with Crippen molar-refractivity contribution in [2.45, 2.75) is 58.0 Å². The van der Waals surface area contributed by atoms with Gasteiger partial charge in [-0.3, -0.25) is 4.79 Å². The monoisotopic (exact) mass is 283 g/mol. The molecule has 0 aromatic heterocycles. The fourth-order valence-corrected chi connectivity index (χ4v) is 3.76. The number of ketones is 1. The van der Waals surface area contributed by atoms with Crippen molar-refractivity contribution in [2.75, 3.05) is 26.4 Å². The first kappa shape index (κ1) is 15.9. The normalized spacial score (nSPS) is 26.6. The van der Waals surface area contributed by atoms with E-state index in [0.29, 0.717) is 18.9 Å². The van der Waals surface area contributed by atoms with Crippen LogP contribution in [0.3, 0.4) is 0 Å². The Hall–Kier alpha value is -0.450. The molecule has 0 aromatic rings. The number of hydrogen-bond acceptors (Lipinski definition) is 4. The zero-order chi connectivity index (χ0) is 14.6. The molecule has 2 aliphatic heterocycles. The Kier molecular flexibility index (Phi) is 5.21. The molecule has 0 saturated carbocycles. The number of ether oxygens (including phenoxy) is 2. The second kappa shape index (κ2) is 6.54. The molecular formula is C16H29NO3. The fourth-order valence-electron chi connectivity index (χ4n) is 3.76. The standard InChI is InChI=1S/C16H29NO3/c1-3-15(4-2,12-17)14(18)13-5-8-20-16(11-13)6-9-19-10-7-16/h13H,3-12,17H2,1-2H3. The van der Waals surface area contributed by atoms with E-state index in [1.54, 1.807) is 0 Å². The minimum atomic E-state index is -0.325. The van der Waals surface area contributed by atoms with Crippen LogP contribution in [-0.4, -0.2) is 37.7 Å². The van der Waals surface area contributed by atoms with Gasteiger partial charge in [0.05, 0.1) is 5.60 Å². The maximum Gasteiger partial charge on any atom is 0.143 e. The van der Waals surface area contributed by atoms with E-state index in [4.69, 9.17) is 15.2 Å². The van der Waals surface area contributed by atoms with Crippen LogP contribution in [-0.2, 0) is 14.3 Å². The van der Waals surface area contributed by atoms with Crippen LogP contribution in [0.2, 0.25) is 0 Å². The Morgan fingerprint density at radius 2 is 1.90 bits per heavy atom. The molecule has 1 spiro atoms. The molecule has 2 rings (SSSR count). The molecule has 2 aliphatic rings. The van der Waals surface area contributed by atoms with Crippen molar-refractivity contribution < 1.29 is 14.3 Å². The van der Waals surface area contributed by atoms with E-state index in [2.05, 4.69) is 13.8 Å². The lowest BCUT2D eigenvalue weighted by atomic mass is 9.69. The van der Waals surface area contributed by atoms with Crippen molar-refractivity contribution in [1.82, 2.24) is 0 Å². The summed E-state index contributed by atoms with van der Waals surface area (Å²) in [4.78, 5) is 13.0. The highest BCUT2D eigenvalue weighted by Crippen LogP contribution is 2.41. The second-order valence-corrected chi connectivity index (χ2v) is 6.39. The highest BCUT2D eigenvalue weighted by molar-refractivity contribution is 5.87. The fraction of sp³-hybridized carbons (Fsp3) is 0.938. The van der Waals surface area contributed by atoms with Crippen molar-refractivity contribution >= 4 is 5.78 Å². The summed E-state index contributed by atoms with van der Waals surface area (Å²) in [6.45, 7) is 6.83. The number of carbonyl (C=O) groups is 1. The maximum atomic E-state index is 13.0. The quantitative estimate of drug-likeness (QED) is 0.841. The lowest BCUT2D eigenvalue weighted by molar-refractivity contribution is -0.162. The Balaban J connectivity index is 2.09. The molecule has 1 atom stereocenters. The molecule has 2 heterocycles. The van der Waals surface area contributed by atoms with Gasteiger partial charge in [-0.2, -0.15) is 0 Å². The van der Waals surface area contributed by atoms with Gasteiger partial charge < -0.3 is 15.2 Å². The van der Waals surface area contributed by atoms with Gasteiger partial charge in [0.25, 0.3) is 0 Å². The molecule has 4 nitrogen and oxygen atoms in total. The summed E-state index contributed by atoms with van der Waals surface area (Å²) in [5.41, 5.74) is 5.50. The molecule has 20 heavy (non-hydrogen) atoms. The van der Waals surface area contributed by atoms with Crippen molar-refractivity contribution in [1.29, 1.82) is 0 Å². The zero-order valence-corrected chi connectivity index (χ0v) is 13.0. The summed E-state index contributed by atoms with van der Waals surface area (Å²) in [6.07, 6.45) is 5.23. The summed E-state index contributed by atoms with van der Waals surface area (Å²) in [5.74, 6) is 0.490. The van der Waals surface area contributed by atoms with Gasteiger partial charge in [-0.25, -0.2) is 0 Å². The van der Waals surface area contributed by atoms with Gasteiger partial charge in [0, 0.05) is 37.7 Å². The Morgan fingerprint density at radius 3 is 2.45 bits per heavy atom. The molecule has 4 heteroatoms. The number of Topliss-reactive ketones (excluding diaryl/α,β-unsaturated/α-hetero) is 1. The maximum absolute atomic E-state index is 13.0. The van der Waals surface area contributed by atoms with Crippen molar-refractivity contribution in [2.24, 2.45) is 17.1 Å². The van der Waals surface area contributed by atoms with Gasteiger partial charge in [0.15, 0.2) is 0 Å². The average molecular weight is 283 g/mol. The zero-order valence-electron chi connectivity index (χ0n) is 13.0. The molecule has 116 valence electrons. The molecule has 0 amide bonds. The predicted molar refractivity (Wildman–Crippen MR) is 78.5 cm³/mol. The van der Waals surface area contributed by atoms with E-state index in [0.717, 1.165) is 51.7 Å². The van der Waals surface area contributed by atoms with Crippen molar-refractivity contribution in [3.05, 3.63) is 0 Å². The van der Waals surface area contributed by atoms with E-state index in [1.165, 1.54) is 0 Å². The summed E-state index contributed by atoms with van der Waals surface area (Å²) in [5, 5.41) is 0. The van der Waals surface area contributed by atoms with Crippen LogP contribution in [0.15, 0.2) is 0 Å². The lowest BCUT2D eigenvalue weighted by Crippen LogP contribution is -2.49. The summed E-state index contributed by atoms with van der Waals surface area (Å²) >= 11 is 0. The first-order chi connectivity index (χ1) is 9.61. The number of nitrogens with two attached hydrogens (primary N) is 1. The van der Waals surface area contributed by atoms with Crippen LogP contribution in [0.5, 0.6) is 0 Å². The summed E-state index contributed by atoms with van der Waals surface area (Å²) in [7, 11) is 0. The molecule has 0 aliphatic carbocycles. The average Bonchev–Trinajstić information content (AvgIpc) is 2.50. The van der Waals surface area contributed by atoms with Crippen LogP contribution in [0.25, 0.3) is 0 Å². The van der Waals surface area contributed by atoms with Crippen LogP contribution >= 0.6 is 0 Å². The van der Waals surface area contributed by atoms with E-state index in [-0.39, 0.29) is 16.9 Å². The largest absolute Gasteiger partial charge is 0.381 e. The number of carbonyl (C=O) groups excluding carboxylic acids is 1. The topological polar surface area (TPSA) is 61.6 Å². The van der Waals surface area contributed by atoms with Crippen LogP contribution in [0.4, 0.5) is 0 Å². The summed E-state index contributed by atoms with van der Waals surface area (Å²) < 4.78 is 11.5. The summed E-state index contributed by atoms with van der Waals surface area (Å²) in [6, 6.07) is 0. The Morgan fingerprint density at radius 1 is 1.25 bits per heavy atom. The number of hydrogen-bond donors (Lipinski definition) is 1. The van der Waals surface area contributed by atoms with E-state index in [1.807, 2.05) is 0 Å². The van der Waals surface area contributed by atoms with Gasteiger partial charge in [-0.05, 0) is 38.5 Å². The Bertz CT molecular complexity index is 319. The smallest absolute Gasteiger partial charge is 0.143 e. The molecule has 2 N–H and O–H groups in total. The van der Waals surface area contributed by atoms with E-state index < -0.39 is 0 Å². The van der Waals surface area contributed by atoms with E-state index in [9.17, 15) is 4.79 Å². The third-order valence-electron chi connectivity index (χ3n) is 5.53. The predicted octanol–water partition coefficient (Wildman–Crippen LogP) is 2.30. The van der Waals surface area contributed by atoms with Gasteiger partial charge in [-0.15, -0.1) is 0 Å². The lowest BCUT2D eigenvalue weighted by Gasteiger charge is -2.44. The first-order valence-corrected chi connectivity index (χ1v) is 8.07. The minimum Gasteiger partial charge on any atom is -0.381 e. The van der Waals surface area contributed by atoms with Crippen LogP contribution < -0.4 is 5.73 Å². The molecule has 0 radical (unpaired) electrons. The Labute approximate surface area is 122 Å². The van der Waals surface area contributed by atoms with Gasteiger partial charge in [-0.1, -0.05) is 13.8 Å². The molecule has 0 bridgehead atoms. The second-order valence-electron chi connectivity index (χ2n) is 6.39. The first-order valence-electron chi connectivity index (χ1n) is 8.07. The molecular weight excluding hydrogens is 254 g/mol. The van der Waals surface area contributed by atoms with E-state index >= 15 is 0 Å². The molecule has 2 fully saturated rings. The van der Waals surface area contributed by atoms with Gasteiger partial charge in [0.2, 0.25) is 0 Å². The van der Waals surface area contributed by atoms with Crippen molar-refractivity contribution in [3.8, 4) is 0 Å². The molecule has 1 unspecified atom stereocenters. The minimum absolute atomic E-state index is 0.112. The molecule has 2 saturated heterocycles. The third kappa shape index (κ3) is 2.92. The van der Waals surface area contributed by atoms with Crippen molar-refractivity contribution in [3.63, 3.8) is 0 Å². The third-order valence-corrected chi connectivity index (χ3v) is 5.53.